The molecule has 2 aromatic heterocycles. The summed E-state index contributed by atoms with van der Waals surface area (Å²) in [5.41, 5.74) is 10.4. The summed E-state index contributed by atoms with van der Waals surface area (Å²) in [5, 5.41) is 8.24. The van der Waals surface area contributed by atoms with Gasteiger partial charge in [-0.3, -0.25) is 0 Å². The van der Waals surface area contributed by atoms with Crippen molar-refractivity contribution < 1.29 is 4.42 Å². The number of rotatable bonds is 5. The van der Waals surface area contributed by atoms with Crippen LogP contribution < -0.4 is 5.32 Å². The SMILES string of the molecule is c1ccc(C2=NC(c3ccccc3)NC(c3cccc(-c4cccc(-n5c6cccc7oc8ccccc8c8cccc5c8c76)c4)c3)=N2)cc1. The number of nitrogens with zero attached hydrogens (tertiary/aromatic N) is 3. The van der Waals surface area contributed by atoms with E-state index in [0.717, 1.165) is 72.3 Å². The number of aromatic nitrogens is 1. The summed E-state index contributed by atoms with van der Waals surface area (Å²) >= 11 is 0. The van der Waals surface area contributed by atoms with Gasteiger partial charge in [0.15, 0.2) is 5.84 Å². The van der Waals surface area contributed by atoms with E-state index in [4.69, 9.17) is 14.4 Å². The van der Waals surface area contributed by atoms with E-state index in [1.807, 2.05) is 42.5 Å². The minimum atomic E-state index is -0.251. The number of hydrogen-bond acceptors (Lipinski definition) is 4. The van der Waals surface area contributed by atoms with Gasteiger partial charge in [-0.15, -0.1) is 0 Å². The van der Waals surface area contributed by atoms with E-state index in [1.165, 1.54) is 10.8 Å². The lowest BCUT2D eigenvalue weighted by Gasteiger charge is -2.24. The molecule has 0 fully saturated rings. The second-order valence-electron chi connectivity index (χ2n) is 12.7. The van der Waals surface area contributed by atoms with Gasteiger partial charge in [-0.2, -0.15) is 0 Å². The molecular formula is C45H30N4O. The molecule has 5 heteroatoms. The molecule has 0 spiro atoms. The van der Waals surface area contributed by atoms with Crippen LogP contribution in [0.5, 0.6) is 0 Å². The maximum absolute atomic E-state index is 6.57. The van der Waals surface area contributed by atoms with Crippen LogP contribution in [0.3, 0.4) is 0 Å². The third-order valence-corrected chi connectivity index (χ3v) is 9.64. The van der Waals surface area contributed by atoms with E-state index in [1.54, 1.807) is 0 Å². The van der Waals surface area contributed by atoms with Crippen molar-refractivity contribution in [3.05, 3.63) is 187 Å². The van der Waals surface area contributed by atoms with E-state index in [-0.39, 0.29) is 6.17 Å². The van der Waals surface area contributed by atoms with Gasteiger partial charge in [0.05, 0.1) is 16.4 Å². The minimum absolute atomic E-state index is 0.251. The van der Waals surface area contributed by atoms with Gasteiger partial charge in [0.1, 0.15) is 23.2 Å². The molecule has 7 aromatic carbocycles. The average molecular weight is 643 g/mol. The Morgan fingerprint density at radius 2 is 1.12 bits per heavy atom. The zero-order valence-electron chi connectivity index (χ0n) is 27.0. The molecule has 3 heterocycles. The Morgan fingerprint density at radius 3 is 1.98 bits per heavy atom. The van der Waals surface area contributed by atoms with Gasteiger partial charge in [-0.05, 0) is 64.5 Å². The number of nitrogens with one attached hydrogen (secondary N) is 1. The van der Waals surface area contributed by atoms with Gasteiger partial charge < -0.3 is 14.3 Å². The normalized spacial score (nSPS) is 14.6. The maximum Gasteiger partial charge on any atom is 0.159 e. The van der Waals surface area contributed by atoms with Crippen LogP contribution in [0.4, 0.5) is 0 Å². The zero-order valence-corrected chi connectivity index (χ0v) is 27.0. The van der Waals surface area contributed by atoms with Gasteiger partial charge in [0, 0.05) is 27.6 Å². The zero-order chi connectivity index (χ0) is 33.0. The number of amidine groups is 2. The van der Waals surface area contributed by atoms with Gasteiger partial charge in [-0.1, -0.05) is 127 Å². The predicted molar refractivity (Wildman–Crippen MR) is 205 cm³/mol. The Balaban J connectivity index is 1.10. The second-order valence-corrected chi connectivity index (χ2v) is 12.7. The molecule has 236 valence electrons. The molecule has 1 atom stereocenters. The fourth-order valence-electron chi connectivity index (χ4n) is 7.35. The molecule has 0 amide bonds. The van der Waals surface area contributed by atoms with Crippen LogP contribution in [0, 0.1) is 0 Å². The smallest absolute Gasteiger partial charge is 0.159 e. The van der Waals surface area contributed by atoms with Crippen LogP contribution in [0.15, 0.2) is 184 Å². The summed E-state index contributed by atoms with van der Waals surface area (Å²) in [5.74, 6) is 1.51. The number of hydrogen-bond donors (Lipinski definition) is 1. The van der Waals surface area contributed by atoms with Gasteiger partial charge in [-0.25, -0.2) is 9.98 Å². The monoisotopic (exact) mass is 642 g/mol. The van der Waals surface area contributed by atoms with E-state index < -0.39 is 0 Å². The summed E-state index contributed by atoms with van der Waals surface area (Å²) in [6.45, 7) is 0. The minimum Gasteiger partial charge on any atom is -0.456 e. The molecule has 0 radical (unpaired) electrons. The highest BCUT2D eigenvalue weighted by molar-refractivity contribution is 6.26. The molecule has 1 aliphatic heterocycles. The fourth-order valence-corrected chi connectivity index (χ4v) is 7.35. The topological polar surface area (TPSA) is 54.8 Å². The van der Waals surface area contributed by atoms with Crippen molar-refractivity contribution in [3.63, 3.8) is 0 Å². The third kappa shape index (κ3) is 4.63. The highest BCUT2D eigenvalue weighted by Crippen LogP contribution is 2.41. The number of fused-ring (bicyclic) bond motifs is 2. The molecule has 0 aliphatic carbocycles. The molecule has 0 saturated carbocycles. The summed E-state index contributed by atoms with van der Waals surface area (Å²) < 4.78 is 8.93. The van der Waals surface area contributed by atoms with Crippen molar-refractivity contribution in [2.75, 3.05) is 0 Å². The first-order valence-electron chi connectivity index (χ1n) is 16.9. The Morgan fingerprint density at radius 1 is 0.500 bits per heavy atom. The first-order chi connectivity index (χ1) is 24.8. The summed E-state index contributed by atoms with van der Waals surface area (Å²) in [4.78, 5) is 10.1. The van der Waals surface area contributed by atoms with E-state index in [9.17, 15) is 0 Å². The van der Waals surface area contributed by atoms with Gasteiger partial charge in [0.2, 0.25) is 0 Å². The lowest BCUT2D eigenvalue weighted by Crippen LogP contribution is -2.33. The lowest BCUT2D eigenvalue weighted by atomic mass is 10.0. The standard InChI is InChI=1S/C45H30N4O/c1-3-13-29(14-4-1)43-46-44(30-15-5-2-6-16-30)48-45(47-43)33-19-9-17-31(27-33)32-18-10-20-34(28-32)49-37-23-11-22-36-35-21-7-8-25-39(35)50-40-26-12-24-38(49)42(40)41(36)37/h1-28,43H,(H,46,47,48). The molecule has 0 saturated heterocycles. The third-order valence-electron chi connectivity index (χ3n) is 9.64. The van der Waals surface area contributed by atoms with Crippen molar-refractivity contribution in [2.45, 2.75) is 6.17 Å². The highest BCUT2D eigenvalue weighted by atomic mass is 16.3. The van der Waals surface area contributed by atoms with Crippen molar-refractivity contribution in [2.24, 2.45) is 9.98 Å². The molecule has 0 bridgehead atoms. The number of aliphatic imine (C=N–C) groups is 2. The van der Waals surface area contributed by atoms with E-state index in [0.29, 0.717) is 5.84 Å². The second kappa shape index (κ2) is 11.5. The molecule has 1 aliphatic rings. The van der Waals surface area contributed by atoms with E-state index >= 15 is 0 Å². The Kier molecular flexibility index (Phi) is 6.49. The first kappa shape index (κ1) is 28.3. The van der Waals surface area contributed by atoms with Gasteiger partial charge >= 0.3 is 0 Å². The molecule has 5 nitrogen and oxygen atoms in total. The quantitative estimate of drug-likeness (QED) is 0.203. The molecule has 9 aromatic rings. The summed E-state index contributed by atoms with van der Waals surface area (Å²) in [6, 6.07) is 59.1. The molecule has 50 heavy (non-hydrogen) atoms. The number of para-hydroxylation sites is 1. The van der Waals surface area contributed by atoms with Crippen LogP contribution in [-0.4, -0.2) is 16.2 Å². The predicted octanol–water partition coefficient (Wildman–Crippen LogP) is 10.8. The van der Waals surface area contributed by atoms with Crippen molar-refractivity contribution in [1.29, 1.82) is 0 Å². The Hall–Kier alpha value is -6.72. The van der Waals surface area contributed by atoms with E-state index in [2.05, 4.69) is 137 Å². The molecular weight excluding hydrogens is 613 g/mol. The van der Waals surface area contributed by atoms with Crippen LogP contribution in [0.25, 0.3) is 60.6 Å². The van der Waals surface area contributed by atoms with Crippen LogP contribution in [0.2, 0.25) is 0 Å². The summed E-state index contributed by atoms with van der Waals surface area (Å²) in [7, 11) is 0. The lowest BCUT2D eigenvalue weighted by molar-refractivity contribution is 0.664. The van der Waals surface area contributed by atoms with Gasteiger partial charge in [0.25, 0.3) is 0 Å². The maximum atomic E-state index is 6.57. The largest absolute Gasteiger partial charge is 0.456 e. The van der Waals surface area contributed by atoms with Crippen LogP contribution in [-0.2, 0) is 0 Å². The van der Waals surface area contributed by atoms with Crippen molar-refractivity contribution in [3.8, 4) is 16.8 Å². The Labute approximate surface area is 288 Å². The Bertz CT molecular complexity index is 2790. The molecule has 1 unspecified atom stereocenters. The molecule has 10 rings (SSSR count). The van der Waals surface area contributed by atoms with Crippen molar-refractivity contribution >= 4 is 55.4 Å². The molecule has 1 N–H and O–H groups in total. The first-order valence-corrected chi connectivity index (χ1v) is 16.9. The summed E-state index contributed by atoms with van der Waals surface area (Å²) in [6.07, 6.45) is -0.251. The highest BCUT2D eigenvalue weighted by Gasteiger charge is 2.22. The fraction of sp³-hybridized carbons (Fsp3) is 0.0222. The van der Waals surface area contributed by atoms with Crippen molar-refractivity contribution in [1.82, 2.24) is 9.88 Å². The van der Waals surface area contributed by atoms with Crippen LogP contribution >= 0.6 is 0 Å². The number of benzene rings is 7. The van der Waals surface area contributed by atoms with Crippen LogP contribution in [0.1, 0.15) is 22.9 Å². The average Bonchev–Trinajstić information content (AvgIpc) is 3.46.